The Kier molecular flexibility index (Phi) is 30.9. The van der Waals surface area contributed by atoms with Crippen LogP contribution < -0.4 is 116 Å². The minimum absolute atomic E-state index is 0. The second-order valence-corrected chi connectivity index (χ2v) is 3.31. The summed E-state index contributed by atoms with van der Waals surface area (Å²) >= 11 is 0. The van der Waals surface area contributed by atoms with Crippen LogP contribution in [-0.2, 0) is 9.59 Å². The van der Waals surface area contributed by atoms with E-state index >= 15 is 0 Å². The van der Waals surface area contributed by atoms with E-state index < -0.39 is 0 Å². The molecule has 0 bridgehead atoms. The summed E-state index contributed by atoms with van der Waals surface area (Å²) < 4.78 is 0. The van der Waals surface area contributed by atoms with Crippen LogP contribution in [0, 0.1) is 5.92 Å². The molecule has 0 spiro atoms. The third-order valence-electron chi connectivity index (χ3n) is 1.70. The molecule has 0 rings (SSSR count). The fraction of sp³-hybridized carbons (Fsp3) is 0.429. The van der Waals surface area contributed by atoms with Crippen LogP contribution in [0.3, 0.4) is 0 Å². The van der Waals surface area contributed by atoms with Gasteiger partial charge in [-0.2, -0.15) is 5.70 Å². The predicted octanol–water partition coefficient (Wildman–Crippen LogP) is -1.92. The zero-order valence-electron chi connectivity index (χ0n) is 13.8. The maximum atomic E-state index is 11.5. The third-order valence-corrected chi connectivity index (χ3v) is 1.70. The van der Waals surface area contributed by atoms with Gasteiger partial charge in [0.1, 0.15) is 0 Å². The molecular weight excluding hydrogens is 399 g/mol. The Labute approximate surface area is 220 Å². The van der Waals surface area contributed by atoms with Gasteiger partial charge in [-0.05, 0) is 12.8 Å². The Hall–Kier alpha value is 1.77. The average Bonchev–Trinajstić information content (AvgIpc) is 2.37. The summed E-state index contributed by atoms with van der Waals surface area (Å²) in [6.45, 7) is 12.8. The molecule has 102 valence electrons. The number of hydrogen-bond donors (Lipinski definition) is 0. The van der Waals surface area contributed by atoms with E-state index in [1.54, 1.807) is 32.9 Å². The van der Waals surface area contributed by atoms with Crippen LogP contribution in [0.2, 0.25) is 0 Å². The largest absolute Gasteiger partial charge is 1.00 e. The van der Waals surface area contributed by atoms with Crippen molar-refractivity contribution >= 4 is 12.3 Å². The molecular formula is C14H22N2O2Rb2. The molecule has 0 aliphatic carbocycles. The minimum atomic E-state index is -0.256. The van der Waals surface area contributed by atoms with Gasteiger partial charge in [-0.3, -0.25) is 0 Å². The van der Waals surface area contributed by atoms with Crippen LogP contribution in [0.25, 0.3) is 10.6 Å². The van der Waals surface area contributed by atoms with Gasteiger partial charge in [0.2, 0.25) is 0 Å². The molecule has 20 heavy (non-hydrogen) atoms. The topological polar surface area (TPSA) is 62.3 Å². The Morgan fingerprint density at radius 2 is 1.65 bits per heavy atom. The first-order valence-corrected chi connectivity index (χ1v) is 5.96. The van der Waals surface area contributed by atoms with E-state index in [0.717, 1.165) is 0 Å². The number of nitrogens with zero attached hydrogens (tertiary/aromatic N) is 2. The maximum Gasteiger partial charge on any atom is 1.00 e. The van der Waals surface area contributed by atoms with Crippen molar-refractivity contribution in [1.82, 2.24) is 0 Å². The van der Waals surface area contributed by atoms with Crippen molar-refractivity contribution in [1.29, 1.82) is 0 Å². The van der Waals surface area contributed by atoms with Crippen LogP contribution >= 0.6 is 0 Å². The summed E-state index contributed by atoms with van der Waals surface area (Å²) in [5.74, 6) is -0.448. The SMILES string of the molecule is C=C/C([N-]C=O)=C(\C=C/C)[N-]C(=O)C(C)C.CC.[Rb+].[Rb+]. The summed E-state index contributed by atoms with van der Waals surface area (Å²) in [6, 6.07) is 0. The normalized spacial score (nSPS) is 10.1. The van der Waals surface area contributed by atoms with Gasteiger partial charge in [0, 0.05) is 6.41 Å². The molecule has 6 heteroatoms. The molecule has 0 heterocycles. The van der Waals surface area contributed by atoms with Crippen LogP contribution in [0.5, 0.6) is 0 Å². The van der Waals surface area contributed by atoms with Gasteiger partial charge in [0.25, 0.3) is 0 Å². The Balaban J connectivity index is -0.000000304. The molecule has 0 unspecified atom stereocenters. The van der Waals surface area contributed by atoms with Gasteiger partial charge in [0.15, 0.2) is 0 Å². The van der Waals surface area contributed by atoms with Crippen molar-refractivity contribution < 1.29 is 126 Å². The van der Waals surface area contributed by atoms with Crippen molar-refractivity contribution in [3.05, 3.63) is 46.8 Å². The fourth-order valence-corrected chi connectivity index (χ4v) is 0.866. The predicted molar refractivity (Wildman–Crippen MR) is 76.0 cm³/mol. The zero-order chi connectivity index (χ0) is 14.6. The quantitative estimate of drug-likeness (QED) is 0.371. The number of allylic oxidation sites excluding steroid dienone is 3. The molecule has 0 saturated carbocycles. The molecule has 0 N–H and O–H groups in total. The van der Waals surface area contributed by atoms with Gasteiger partial charge in [-0.15, -0.1) is 12.3 Å². The second kappa shape index (κ2) is 20.8. The van der Waals surface area contributed by atoms with Gasteiger partial charge in [-0.25, -0.2) is 0 Å². The smallest absolute Gasteiger partial charge is 0.631 e. The maximum absolute atomic E-state index is 11.5. The van der Waals surface area contributed by atoms with Crippen LogP contribution in [-0.4, -0.2) is 12.3 Å². The van der Waals surface area contributed by atoms with E-state index in [0.29, 0.717) is 17.8 Å². The van der Waals surface area contributed by atoms with Crippen LogP contribution in [0.1, 0.15) is 34.6 Å². The van der Waals surface area contributed by atoms with Crippen LogP contribution in [0.15, 0.2) is 36.2 Å². The molecule has 0 saturated heterocycles. The van der Waals surface area contributed by atoms with Crippen molar-refractivity contribution in [2.24, 2.45) is 5.92 Å². The van der Waals surface area contributed by atoms with Gasteiger partial charge < -0.3 is 20.2 Å². The number of amides is 2. The number of rotatable bonds is 6. The van der Waals surface area contributed by atoms with E-state index in [-0.39, 0.29) is 128 Å². The van der Waals surface area contributed by atoms with Gasteiger partial charge in [-0.1, -0.05) is 45.9 Å². The molecule has 0 aromatic heterocycles. The summed E-state index contributed by atoms with van der Waals surface area (Å²) in [4.78, 5) is 21.8. The van der Waals surface area contributed by atoms with E-state index in [1.807, 2.05) is 13.8 Å². The van der Waals surface area contributed by atoms with Gasteiger partial charge >= 0.3 is 116 Å². The number of carbonyl (C=O) groups is 2. The molecule has 0 atom stereocenters. The van der Waals surface area contributed by atoms with Crippen LogP contribution in [0.4, 0.5) is 0 Å². The summed E-state index contributed by atoms with van der Waals surface area (Å²) in [7, 11) is 0. The molecule has 0 aliphatic heterocycles. The first-order chi connectivity index (χ1) is 8.56. The Morgan fingerprint density at radius 3 is 1.95 bits per heavy atom. The summed E-state index contributed by atoms with van der Waals surface area (Å²) in [5.41, 5.74) is 0.644. The molecule has 4 nitrogen and oxygen atoms in total. The number of hydrogen-bond acceptors (Lipinski definition) is 2. The molecule has 0 fully saturated rings. The first-order valence-electron chi connectivity index (χ1n) is 5.96. The molecule has 0 aromatic rings. The monoisotopic (exact) mass is 420 g/mol. The Morgan fingerprint density at radius 1 is 1.15 bits per heavy atom. The minimum Gasteiger partial charge on any atom is -0.631 e. The van der Waals surface area contributed by atoms with Crippen molar-refractivity contribution in [3.8, 4) is 0 Å². The van der Waals surface area contributed by atoms with E-state index in [1.165, 1.54) is 6.08 Å². The zero-order valence-corrected chi connectivity index (χ0v) is 23.6. The van der Waals surface area contributed by atoms with Crippen molar-refractivity contribution in [3.63, 3.8) is 0 Å². The molecule has 0 aromatic carbocycles. The molecule has 0 radical (unpaired) electrons. The van der Waals surface area contributed by atoms with Crippen molar-refractivity contribution in [2.45, 2.75) is 34.6 Å². The fourth-order valence-electron chi connectivity index (χ4n) is 0.866. The average molecular weight is 421 g/mol. The third kappa shape index (κ3) is 14.7. The van der Waals surface area contributed by atoms with E-state index in [9.17, 15) is 9.59 Å². The summed E-state index contributed by atoms with van der Waals surface area (Å²) in [5, 5.41) is 7.44. The molecule has 2 amide bonds. The first kappa shape index (κ1) is 29.7. The van der Waals surface area contributed by atoms with Gasteiger partial charge in [0.05, 0.1) is 5.91 Å². The summed E-state index contributed by atoms with van der Waals surface area (Å²) in [6.07, 6.45) is 5.12. The second-order valence-electron chi connectivity index (χ2n) is 3.31. The van der Waals surface area contributed by atoms with E-state index in [4.69, 9.17) is 0 Å². The van der Waals surface area contributed by atoms with Crippen molar-refractivity contribution in [2.75, 3.05) is 0 Å². The van der Waals surface area contributed by atoms with E-state index in [2.05, 4.69) is 17.2 Å². The standard InChI is InChI=1S/C12H18N2O2.C2H6.2Rb/c1-5-7-11(10(6-2)13-8-15)14-12(16)9(3)4;1-2;;/h5-9H,2H2,1,3-4H3,(H2,13,14,15,16);1-2H3;;/q;;2*+1/p-2/b7-5-,11-10-;;;. The number of carbonyl (C=O) groups excluding carboxylic acids is 2. The molecule has 0 aliphatic rings. The Bertz CT molecular complexity index is 338.